The summed E-state index contributed by atoms with van der Waals surface area (Å²) in [5.41, 5.74) is 0.884. The van der Waals surface area contributed by atoms with Gasteiger partial charge in [0, 0.05) is 24.7 Å². The molecule has 1 saturated heterocycles. The fraction of sp³-hybridized carbons (Fsp3) is 0.409. The maximum absolute atomic E-state index is 14.0. The minimum absolute atomic E-state index is 0.0384. The van der Waals surface area contributed by atoms with E-state index in [9.17, 15) is 19.3 Å². The van der Waals surface area contributed by atoms with Gasteiger partial charge in [-0.05, 0) is 62.3 Å². The van der Waals surface area contributed by atoms with Crippen LogP contribution in [0.4, 0.5) is 10.1 Å². The Morgan fingerprint density at radius 3 is 2.48 bits per heavy atom. The van der Waals surface area contributed by atoms with Crippen LogP contribution < -0.4 is 4.74 Å². The smallest absolute Gasteiger partial charge is 0.276 e. The lowest BCUT2D eigenvalue weighted by Crippen LogP contribution is -2.38. The lowest BCUT2D eigenvalue weighted by Gasteiger charge is -2.32. The lowest BCUT2D eigenvalue weighted by molar-refractivity contribution is -0.385. The van der Waals surface area contributed by atoms with Crippen molar-refractivity contribution in [2.45, 2.75) is 32.6 Å². The molecule has 1 aliphatic rings. The highest BCUT2D eigenvalue weighted by molar-refractivity contribution is 5.95. The number of nitro groups is 1. The van der Waals surface area contributed by atoms with Crippen LogP contribution in [0.2, 0.25) is 0 Å². The topological polar surface area (TPSA) is 72.7 Å². The number of halogens is 1. The Bertz CT molecular complexity index is 890. The van der Waals surface area contributed by atoms with Gasteiger partial charge in [0.15, 0.2) is 0 Å². The summed E-state index contributed by atoms with van der Waals surface area (Å²) < 4.78 is 19.2. The van der Waals surface area contributed by atoms with Crippen LogP contribution in [0.3, 0.4) is 0 Å². The molecule has 0 N–H and O–H groups in total. The molecule has 29 heavy (non-hydrogen) atoms. The van der Waals surface area contributed by atoms with E-state index in [0.717, 1.165) is 37.5 Å². The van der Waals surface area contributed by atoms with Crippen molar-refractivity contribution in [1.29, 1.82) is 0 Å². The highest BCUT2D eigenvalue weighted by atomic mass is 19.1. The van der Waals surface area contributed by atoms with E-state index in [1.54, 1.807) is 12.0 Å². The molecule has 0 radical (unpaired) electrons. The zero-order valence-electron chi connectivity index (χ0n) is 16.7. The number of piperidine rings is 1. The first kappa shape index (κ1) is 20.8. The van der Waals surface area contributed by atoms with Crippen molar-refractivity contribution < 1.29 is 18.8 Å². The number of methoxy groups -OCH3 is 1. The fourth-order valence-corrected chi connectivity index (χ4v) is 3.75. The Balaban J connectivity index is 1.56. The van der Waals surface area contributed by atoms with E-state index >= 15 is 0 Å². The number of likely N-dealkylation sites (tertiary alicyclic amines) is 1. The lowest BCUT2D eigenvalue weighted by atomic mass is 9.90. The summed E-state index contributed by atoms with van der Waals surface area (Å²) in [4.78, 5) is 24.8. The number of hydrogen-bond acceptors (Lipinski definition) is 4. The number of benzene rings is 2. The first-order chi connectivity index (χ1) is 13.9. The molecule has 1 heterocycles. The number of carbonyl (C=O) groups is 1. The van der Waals surface area contributed by atoms with Gasteiger partial charge in [-0.3, -0.25) is 14.9 Å². The van der Waals surface area contributed by atoms with Crippen molar-refractivity contribution >= 4 is 11.6 Å². The molecule has 0 atom stereocenters. The van der Waals surface area contributed by atoms with Crippen molar-refractivity contribution in [3.63, 3.8) is 0 Å². The third kappa shape index (κ3) is 4.91. The molecule has 0 unspecified atom stereocenters. The van der Waals surface area contributed by atoms with E-state index in [1.165, 1.54) is 18.6 Å². The van der Waals surface area contributed by atoms with Crippen molar-refractivity contribution in [3.8, 4) is 5.75 Å². The average molecular weight is 400 g/mol. The molecule has 3 rings (SSSR count). The zero-order chi connectivity index (χ0) is 21.0. The number of ether oxygens (including phenoxy) is 1. The minimum Gasteiger partial charge on any atom is -0.497 e. The summed E-state index contributed by atoms with van der Waals surface area (Å²) in [5, 5.41) is 11.1. The first-order valence-corrected chi connectivity index (χ1v) is 9.75. The molecular formula is C22H25FN2O4. The summed E-state index contributed by atoms with van der Waals surface area (Å²) in [6, 6.07) is 10.3. The van der Waals surface area contributed by atoms with Crippen LogP contribution in [0.25, 0.3) is 0 Å². The molecule has 2 aromatic carbocycles. The number of nitrogens with zero attached hydrogens (tertiary/aromatic N) is 2. The summed E-state index contributed by atoms with van der Waals surface area (Å²) in [5.74, 6) is 0.288. The van der Waals surface area contributed by atoms with Gasteiger partial charge in [-0.25, -0.2) is 4.39 Å². The van der Waals surface area contributed by atoms with Gasteiger partial charge in [-0.1, -0.05) is 12.1 Å². The maximum Gasteiger partial charge on any atom is 0.276 e. The second kappa shape index (κ2) is 9.03. The van der Waals surface area contributed by atoms with E-state index in [0.29, 0.717) is 19.0 Å². The minimum atomic E-state index is -0.725. The number of amides is 1. The molecule has 0 saturated carbocycles. The SMILES string of the molecule is COc1ccc(CCC2CCN(C(=O)c3cc(F)c(C)c([N+](=O)[O-])c3)CC2)cc1. The van der Waals surface area contributed by atoms with Gasteiger partial charge in [-0.2, -0.15) is 0 Å². The third-order valence-corrected chi connectivity index (χ3v) is 5.66. The Hall–Kier alpha value is -2.96. The predicted molar refractivity (Wildman–Crippen MR) is 108 cm³/mol. The molecule has 1 fully saturated rings. The predicted octanol–water partition coefficient (Wildman–Crippen LogP) is 4.54. The largest absolute Gasteiger partial charge is 0.497 e. The summed E-state index contributed by atoms with van der Waals surface area (Å²) in [6.45, 7) is 2.50. The molecule has 0 aromatic heterocycles. The molecule has 2 aromatic rings. The number of hydrogen-bond donors (Lipinski definition) is 0. The van der Waals surface area contributed by atoms with Gasteiger partial charge >= 0.3 is 0 Å². The van der Waals surface area contributed by atoms with Crippen LogP contribution in [0.15, 0.2) is 36.4 Å². The van der Waals surface area contributed by atoms with Crippen LogP contribution in [0, 0.1) is 28.8 Å². The molecule has 154 valence electrons. The van der Waals surface area contributed by atoms with E-state index < -0.39 is 10.7 Å². The van der Waals surface area contributed by atoms with E-state index in [1.807, 2.05) is 12.1 Å². The molecule has 6 nitrogen and oxygen atoms in total. The van der Waals surface area contributed by atoms with Crippen LogP contribution in [-0.2, 0) is 6.42 Å². The molecule has 0 aliphatic carbocycles. The summed E-state index contributed by atoms with van der Waals surface area (Å²) in [6.07, 6.45) is 3.76. The molecule has 7 heteroatoms. The monoisotopic (exact) mass is 400 g/mol. The second-order valence-electron chi connectivity index (χ2n) is 7.48. The van der Waals surface area contributed by atoms with Crippen molar-refractivity contribution in [1.82, 2.24) is 4.90 Å². The normalized spacial score (nSPS) is 14.7. The van der Waals surface area contributed by atoms with Crippen molar-refractivity contribution in [2.75, 3.05) is 20.2 Å². The Kier molecular flexibility index (Phi) is 6.46. The molecular weight excluding hydrogens is 375 g/mol. The zero-order valence-corrected chi connectivity index (χ0v) is 16.7. The average Bonchev–Trinajstić information content (AvgIpc) is 2.74. The second-order valence-corrected chi connectivity index (χ2v) is 7.48. The fourth-order valence-electron chi connectivity index (χ4n) is 3.75. The molecule has 0 spiro atoms. The highest BCUT2D eigenvalue weighted by Gasteiger charge is 2.26. The number of rotatable bonds is 6. The van der Waals surface area contributed by atoms with E-state index in [2.05, 4.69) is 12.1 Å². The van der Waals surface area contributed by atoms with Gasteiger partial charge in [0.05, 0.1) is 17.6 Å². The van der Waals surface area contributed by atoms with Gasteiger partial charge in [0.1, 0.15) is 11.6 Å². The highest BCUT2D eigenvalue weighted by Crippen LogP contribution is 2.27. The van der Waals surface area contributed by atoms with Crippen molar-refractivity contribution in [2.24, 2.45) is 5.92 Å². The van der Waals surface area contributed by atoms with Crippen LogP contribution in [-0.4, -0.2) is 35.9 Å². The molecule has 0 bridgehead atoms. The van der Waals surface area contributed by atoms with Crippen LogP contribution in [0.5, 0.6) is 5.75 Å². The molecule has 1 aliphatic heterocycles. The summed E-state index contributed by atoms with van der Waals surface area (Å²) >= 11 is 0. The van der Waals surface area contributed by atoms with Gasteiger partial charge in [-0.15, -0.1) is 0 Å². The quantitative estimate of drug-likeness (QED) is 0.527. The third-order valence-electron chi connectivity index (χ3n) is 5.66. The van der Waals surface area contributed by atoms with Crippen LogP contribution >= 0.6 is 0 Å². The van der Waals surface area contributed by atoms with Gasteiger partial charge < -0.3 is 9.64 Å². The van der Waals surface area contributed by atoms with Gasteiger partial charge in [0.2, 0.25) is 0 Å². The Morgan fingerprint density at radius 2 is 1.90 bits per heavy atom. The van der Waals surface area contributed by atoms with E-state index in [-0.39, 0.29) is 22.7 Å². The Labute approximate surface area is 169 Å². The van der Waals surface area contributed by atoms with E-state index in [4.69, 9.17) is 4.74 Å². The number of aryl methyl sites for hydroxylation is 1. The maximum atomic E-state index is 14.0. The summed E-state index contributed by atoms with van der Waals surface area (Å²) in [7, 11) is 1.65. The number of nitro benzene ring substituents is 1. The standard InChI is InChI=1S/C22H25FN2O4/c1-15-20(23)13-18(14-21(15)25(27)28)22(26)24-11-9-17(10-12-24)4-3-16-5-7-19(29-2)8-6-16/h5-8,13-14,17H,3-4,9-12H2,1-2H3. The number of carbonyl (C=O) groups excluding carboxylic acids is 1. The first-order valence-electron chi connectivity index (χ1n) is 9.75. The molecule has 1 amide bonds. The Morgan fingerprint density at radius 1 is 1.24 bits per heavy atom. The van der Waals surface area contributed by atoms with Crippen molar-refractivity contribution in [3.05, 3.63) is 69.0 Å². The van der Waals surface area contributed by atoms with Gasteiger partial charge in [0.25, 0.3) is 11.6 Å². The van der Waals surface area contributed by atoms with Crippen LogP contribution in [0.1, 0.15) is 40.7 Å².